The summed E-state index contributed by atoms with van der Waals surface area (Å²) in [6.07, 6.45) is 1.94. The Labute approximate surface area is 219 Å². The van der Waals surface area contributed by atoms with Crippen molar-refractivity contribution in [1.29, 1.82) is 0 Å². The van der Waals surface area contributed by atoms with E-state index in [2.05, 4.69) is 114 Å². The molecule has 8 rings (SSSR count). The topological polar surface area (TPSA) is 31.0 Å². The van der Waals surface area contributed by atoms with Gasteiger partial charge < -0.3 is 8.98 Å². The summed E-state index contributed by atoms with van der Waals surface area (Å²) < 4.78 is 8.45. The number of aromatic nitrogens is 2. The number of hydrogen-bond acceptors (Lipinski definition) is 2. The van der Waals surface area contributed by atoms with Crippen LogP contribution in [0.3, 0.4) is 0 Å². The smallest absolute Gasteiger partial charge is 0.154 e. The van der Waals surface area contributed by atoms with Crippen LogP contribution in [0.5, 0.6) is 0 Å². The van der Waals surface area contributed by atoms with Crippen molar-refractivity contribution >= 4 is 43.9 Å². The number of pyridine rings is 1. The first-order chi connectivity index (χ1) is 18.8. The monoisotopic (exact) mass is 486 g/mol. The van der Waals surface area contributed by atoms with Gasteiger partial charge in [0.25, 0.3) is 0 Å². The standard InChI is InChI=1S/C35H22N2O/c1-4-16-31-28(13-1)29-14-2-5-17-32(29)37(31)27-12-8-11-25(20-27)23-9-7-10-24(19-23)26-21-34-35(36-22-26)30-15-3-6-18-33(30)38-34/h1-22H. The normalized spacial score (nSPS) is 11.7. The molecule has 3 nitrogen and oxygen atoms in total. The predicted molar refractivity (Wildman–Crippen MR) is 157 cm³/mol. The van der Waals surface area contributed by atoms with Crippen molar-refractivity contribution in [2.45, 2.75) is 0 Å². The molecule has 0 aliphatic heterocycles. The summed E-state index contributed by atoms with van der Waals surface area (Å²) in [7, 11) is 0. The van der Waals surface area contributed by atoms with Gasteiger partial charge in [-0.2, -0.15) is 0 Å². The second-order valence-electron chi connectivity index (χ2n) is 9.67. The quantitative estimate of drug-likeness (QED) is 0.249. The van der Waals surface area contributed by atoms with Crippen molar-refractivity contribution < 1.29 is 4.42 Å². The van der Waals surface area contributed by atoms with Gasteiger partial charge in [-0.1, -0.05) is 78.9 Å². The summed E-state index contributed by atoms with van der Waals surface area (Å²) in [6.45, 7) is 0. The van der Waals surface area contributed by atoms with E-state index >= 15 is 0 Å². The lowest BCUT2D eigenvalue weighted by molar-refractivity contribution is 0.668. The number of nitrogens with zero attached hydrogens (tertiary/aromatic N) is 2. The summed E-state index contributed by atoms with van der Waals surface area (Å²) in [5.41, 5.74) is 10.6. The van der Waals surface area contributed by atoms with Crippen LogP contribution < -0.4 is 0 Å². The lowest BCUT2D eigenvalue weighted by Gasteiger charge is -2.11. The zero-order valence-electron chi connectivity index (χ0n) is 20.5. The highest BCUT2D eigenvalue weighted by atomic mass is 16.3. The molecule has 0 saturated heterocycles. The third-order valence-electron chi connectivity index (χ3n) is 7.43. The maximum Gasteiger partial charge on any atom is 0.154 e. The van der Waals surface area contributed by atoms with Crippen LogP contribution in [0.25, 0.3) is 71.8 Å². The van der Waals surface area contributed by atoms with Crippen molar-refractivity contribution in [3.05, 3.63) is 134 Å². The van der Waals surface area contributed by atoms with Gasteiger partial charge in [-0.15, -0.1) is 0 Å². The summed E-state index contributed by atoms with van der Waals surface area (Å²) in [4.78, 5) is 4.76. The van der Waals surface area contributed by atoms with Crippen LogP contribution in [0.4, 0.5) is 0 Å². The fraction of sp³-hybridized carbons (Fsp3) is 0. The first-order valence-corrected chi connectivity index (χ1v) is 12.8. The SMILES string of the molecule is c1cc(-c2cccc(-n3c4ccccc4c4ccccc43)c2)cc(-c2cnc3c(c2)oc2ccccc23)c1. The molecule has 3 heteroatoms. The summed E-state index contributed by atoms with van der Waals surface area (Å²) >= 11 is 0. The first kappa shape index (κ1) is 21.0. The Balaban J connectivity index is 1.24. The van der Waals surface area contributed by atoms with E-state index in [-0.39, 0.29) is 0 Å². The molecule has 0 aliphatic rings. The molecule has 0 unspecified atom stereocenters. The van der Waals surface area contributed by atoms with Gasteiger partial charge in [-0.25, -0.2) is 0 Å². The van der Waals surface area contributed by atoms with Crippen molar-refractivity contribution in [2.75, 3.05) is 0 Å². The summed E-state index contributed by atoms with van der Waals surface area (Å²) in [5.74, 6) is 0. The Hall–Kier alpha value is -5.15. The van der Waals surface area contributed by atoms with Gasteiger partial charge in [-0.05, 0) is 65.2 Å². The highest BCUT2D eigenvalue weighted by Crippen LogP contribution is 2.35. The van der Waals surface area contributed by atoms with E-state index in [1.54, 1.807) is 0 Å². The van der Waals surface area contributed by atoms with Gasteiger partial charge in [0.15, 0.2) is 5.58 Å². The Bertz CT molecular complexity index is 2090. The molecule has 0 atom stereocenters. The Kier molecular flexibility index (Phi) is 4.52. The molecule has 0 bridgehead atoms. The molecule has 0 fully saturated rings. The first-order valence-electron chi connectivity index (χ1n) is 12.8. The van der Waals surface area contributed by atoms with Gasteiger partial charge in [-0.3, -0.25) is 4.98 Å². The number of hydrogen-bond donors (Lipinski definition) is 0. The lowest BCUT2D eigenvalue weighted by atomic mass is 9.99. The third-order valence-corrected chi connectivity index (χ3v) is 7.43. The molecule has 3 heterocycles. The largest absolute Gasteiger partial charge is 0.454 e. The Morgan fingerprint density at radius 1 is 0.474 bits per heavy atom. The van der Waals surface area contributed by atoms with Gasteiger partial charge in [0, 0.05) is 33.6 Å². The second-order valence-corrected chi connectivity index (χ2v) is 9.67. The number of benzene rings is 5. The van der Waals surface area contributed by atoms with Crippen molar-refractivity contribution in [3.8, 4) is 27.9 Å². The highest BCUT2D eigenvalue weighted by molar-refractivity contribution is 6.09. The van der Waals surface area contributed by atoms with E-state index in [0.717, 1.165) is 44.4 Å². The minimum absolute atomic E-state index is 0.808. The van der Waals surface area contributed by atoms with E-state index < -0.39 is 0 Å². The van der Waals surface area contributed by atoms with Crippen LogP contribution in [0.15, 0.2) is 138 Å². The minimum atomic E-state index is 0.808. The molecule has 5 aromatic carbocycles. The number of para-hydroxylation sites is 3. The van der Waals surface area contributed by atoms with E-state index in [1.165, 1.54) is 27.4 Å². The van der Waals surface area contributed by atoms with Crippen molar-refractivity contribution in [1.82, 2.24) is 9.55 Å². The number of fused-ring (bicyclic) bond motifs is 6. The predicted octanol–water partition coefficient (Wildman–Crippen LogP) is 9.41. The molecular formula is C35H22N2O. The molecule has 0 radical (unpaired) electrons. The number of rotatable bonds is 3. The summed E-state index contributed by atoms with van der Waals surface area (Å²) in [5, 5.41) is 3.58. The molecule has 0 amide bonds. The lowest BCUT2D eigenvalue weighted by Crippen LogP contribution is -1.94. The molecule has 38 heavy (non-hydrogen) atoms. The molecule has 0 aliphatic carbocycles. The van der Waals surface area contributed by atoms with Crippen LogP contribution in [0, 0.1) is 0 Å². The fourth-order valence-corrected chi connectivity index (χ4v) is 5.66. The van der Waals surface area contributed by atoms with Gasteiger partial charge >= 0.3 is 0 Å². The fourth-order valence-electron chi connectivity index (χ4n) is 5.66. The van der Waals surface area contributed by atoms with Gasteiger partial charge in [0.05, 0.1) is 11.0 Å². The highest BCUT2D eigenvalue weighted by Gasteiger charge is 2.13. The van der Waals surface area contributed by atoms with Crippen LogP contribution >= 0.6 is 0 Å². The molecule has 3 aromatic heterocycles. The zero-order valence-corrected chi connectivity index (χ0v) is 20.5. The average molecular weight is 487 g/mol. The van der Waals surface area contributed by atoms with E-state index in [4.69, 9.17) is 9.40 Å². The maximum atomic E-state index is 6.09. The number of furan rings is 1. The van der Waals surface area contributed by atoms with Gasteiger partial charge in [0.1, 0.15) is 11.1 Å². The molecule has 0 N–H and O–H groups in total. The van der Waals surface area contributed by atoms with E-state index in [0.29, 0.717) is 0 Å². The average Bonchev–Trinajstić information content (AvgIpc) is 3.53. The second kappa shape index (κ2) is 8.19. The van der Waals surface area contributed by atoms with Crippen LogP contribution in [0.2, 0.25) is 0 Å². The van der Waals surface area contributed by atoms with E-state index in [9.17, 15) is 0 Å². The summed E-state index contributed by atoms with van der Waals surface area (Å²) in [6, 6.07) is 44.8. The third kappa shape index (κ3) is 3.19. The Morgan fingerprint density at radius 2 is 1.08 bits per heavy atom. The minimum Gasteiger partial charge on any atom is -0.454 e. The van der Waals surface area contributed by atoms with E-state index in [1.807, 2.05) is 24.4 Å². The zero-order chi connectivity index (χ0) is 25.1. The van der Waals surface area contributed by atoms with Crippen LogP contribution in [-0.4, -0.2) is 9.55 Å². The molecular weight excluding hydrogens is 464 g/mol. The van der Waals surface area contributed by atoms with Crippen LogP contribution in [-0.2, 0) is 0 Å². The maximum absolute atomic E-state index is 6.09. The molecule has 0 spiro atoms. The van der Waals surface area contributed by atoms with Crippen molar-refractivity contribution in [3.63, 3.8) is 0 Å². The van der Waals surface area contributed by atoms with Gasteiger partial charge in [0.2, 0.25) is 0 Å². The van der Waals surface area contributed by atoms with Crippen LogP contribution in [0.1, 0.15) is 0 Å². The molecule has 178 valence electrons. The molecule has 8 aromatic rings. The Morgan fingerprint density at radius 3 is 1.84 bits per heavy atom. The molecule has 0 saturated carbocycles. The van der Waals surface area contributed by atoms with Crippen molar-refractivity contribution in [2.24, 2.45) is 0 Å².